The van der Waals surface area contributed by atoms with Crippen molar-refractivity contribution in [2.24, 2.45) is 5.92 Å². The maximum Gasteiger partial charge on any atom is 0.405 e. The third kappa shape index (κ3) is 4.33. The summed E-state index contributed by atoms with van der Waals surface area (Å²) in [5, 5.41) is 11.5. The normalized spacial score (nSPS) is 18.9. The van der Waals surface area contributed by atoms with Gasteiger partial charge in [0.25, 0.3) is 0 Å². The smallest absolute Gasteiger partial charge is 0.405 e. The van der Waals surface area contributed by atoms with Crippen LogP contribution < -0.4 is 10.2 Å². The second-order valence-electron chi connectivity index (χ2n) is 6.41. The maximum absolute atomic E-state index is 10.8. The molecule has 0 spiro atoms. The van der Waals surface area contributed by atoms with E-state index in [0.29, 0.717) is 5.92 Å². The van der Waals surface area contributed by atoms with E-state index in [1.165, 1.54) is 5.56 Å². The number of carboxylic acid groups (broad SMARTS) is 1. The first-order chi connectivity index (χ1) is 9.77. The Morgan fingerprint density at radius 3 is 2.95 bits per heavy atom. The Morgan fingerprint density at radius 2 is 2.33 bits per heavy atom. The van der Waals surface area contributed by atoms with E-state index in [-0.39, 0.29) is 0 Å². The van der Waals surface area contributed by atoms with Crippen LogP contribution >= 0.6 is 15.9 Å². The Bertz CT molecular complexity index is 534. The zero-order valence-corrected chi connectivity index (χ0v) is 14.3. The van der Waals surface area contributed by atoms with Crippen molar-refractivity contribution in [3.8, 4) is 0 Å². The number of carbonyl (C=O) groups is 1. The summed E-state index contributed by atoms with van der Waals surface area (Å²) in [7, 11) is 0. The quantitative estimate of drug-likeness (QED) is 0.868. The van der Waals surface area contributed by atoms with Crippen molar-refractivity contribution in [2.45, 2.75) is 39.2 Å². The summed E-state index contributed by atoms with van der Waals surface area (Å²) < 4.78 is 1.02. The molecule has 1 aromatic rings. The molecule has 2 rings (SSSR count). The summed E-state index contributed by atoms with van der Waals surface area (Å²) in [5.41, 5.74) is 0.784. The lowest BCUT2D eigenvalue weighted by atomic mass is 9.90. The molecule has 0 unspecified atom stereocenters. The first-order valence-electron chi connectivity index (χ1n) is 7.15. The summed E-state index contributed by atoms with van der Waals surface area (Å²) in [6.45, 7) is 7.83. The summed E-state index contributed by atoms with van der Waals surface area (Å²) >= 11 is 3.47. The van der Waals surface area contributed by atoms with E-state index in [0.717, 1.165) is 36.2 Å². The molecule has 6 heteroatoms. The number of hydrogen-bond donors (Lipinski definition) is 2. The molecular formula is C15H22BrN3O2. The average Bonchev–Trinajstić information content (AvgIpc) is 2.78. The maximum atomic E-state index is 10.8. The highest BCUT2D eigenvalue weighted by molar-refractivity contribution is 9.10. The van der Waals surface area contributed by atoms with Gasteiger partial charge in [-0.15, -0.1) is 0 Å². The fourth-order valence-corrected chi connectivity index (χ4v) is 3.18. The highest BCUT2D eigenvalue weighted by Gasteiger charge is 2.30. The Kier molecular flexibility index (Phi) is 4.76. The first kappa shape index (κ1) is 16.1. The Morgan fingerprint density at radius 1 is 1.62 bits per heavy atom. The lowest BCUT2D eigenvalue weighted by molar-refractivity contribution is 0.177. The topological polar surface area (TPSA) is 65.5 Å². The van der Waals surface area contributed by atoms with Crippen LogP contribution in [0.15, 0.2) is 16.7 Å². The van der Waals surface area contributed by atoms with Gasteiger partial charge in [-0.1, -0.05) is 0 Å². The monoisotopic (exact) mass is 355 g/mol. The van der Waals surface area contributed by atoms with Gasteiger partial charge in [0, 0.05) is 29.3 Å². The molecule has 1 saturated heterocycles. The standard InChI is InChI=1S/C15H22BrN3O2/c1-10-6-13(17-8-12(10)16)19-5-4-11(9-19)7-15(2,3)18-14(20)21/h6,8,11,18H,4-5,7,9H2,1-3H3,(H,20,21)/t11-/m0/s1. The number of aromatic nitrogens is 1. The molecule has 1 aliphatic heterocycles. The first-order valence-corrected chi connectivity index (χ1v) is 7.94. The molecule has 2 heterocycles. The van der Waals surface area contributed by atoms with E-state index in [1.807, 2.05) is 20.0 Å². The number of hydrogen-bond acceptors (Lipinski definition) is 3. The fraction of sp³-hybridized carbons (Fsp3) is 0.600. The van der Waals surface area contributed by atoms with Crippen molar-refractivity contribution in [3.63, 3.8) is 0 Å². The summed E-state index contributed by atoms with van der Waals surface area (Å²) in [5.74, 6) is 1.49. The molecular weight excluding hydrogens is 334 g/mol. The van der Waals surface area contributed by atoms with E-state index in [9.17, 15) is 4.79 Å². The van der Waals surface area contributed by atoms with Crippen molar-refractivity contribution in [3.05, 3.63) is 22.3 Å². The van der Waals surface area contributed by atoms with Crippen molar-refractivity contribution < 1.29 is 9.90 Å². The third-order valence-electron chi connectivity index (χ3n) is 3.89. The number of rotatable bonds is 4. The van der Waals surface area contributed by atoms with Crippen LogP contribution in [0.1, 0.15) is 32.3 Å². The molecule has 1 fully saturated rings. The highest BCUT2D eigenvalue weighted by atomic mass is 79.9. The molecule has 0 aromatic carbocycles. The number of halogens is 1. The second-order valence-corrected chi connectivity index (χ2v) is 7.26. The van der Waals surface area contributed by atoms with Crippen molar-refractivity contribution in [1.29, 1.82) is 0 Å². The number of nitrogens with one attached hydrogen (secondary N) is 1. The van der Waals surface area contributed by atoms with Crippen molar-refractivity contribution in [2.75, 3.05) is 18.0 Å². The zero-order chi connectivity index (χ0) is 15.6. The minimum absolute atomic E-state index is 0.393. The highest BCUT2D eigenvalue weighted by Crippen LogP contribution is 2.29. The van der Waals surface area contributed by atoms with Gasteiger partial charge < -0.3 is 15.3 Å². The Labute approximate surface area is 133 Å². The minimum Gasteiger partial charge on any atom is -0.465 e. The van der Waals surface area contributed by atoms with Crippen molar-refractivity contribution >= 4 is 27.8 Å². The molecule has 116 valence electrons. The summed E-state index contributed by atoms with van der Waals surface area (Å²) in [6, 6.07) is 2.09. The number of pyridine rings is 1. The predicted molar refractivity (Wildman–Crippen MR) is 86.9 cm³/mol. The van der Waals surface area contributed by atoms with Gasteiger partial charge in [0.05, 0.1) is 0 Å². The molecule has 0 radical (unpaired) electrons. The Hall–Kier alpha value is -1.30. The van der Waals surface area contributed by atoms with Crippen LogP contribution in [0.3, 0.4) is 0 Å². The van der Waals surface area contributed by atoms with E-state index in [4.69, 9.17) is 5.11 Å². The van der Waals surface area contributed by atoms with Crippen LogP contribution in [0.5, 0.6) is 0 Å². The van der Waals surface area contributed by atoms with Crippen LogP contribution in [0.25, 0.3) is 0 Å². The Balaban J connectivity index is 1.97. The van der Waals surface area contributed by atoms with Gasteiger partial charge >= 0.3 is 6.09 Å². The van der Waals surface area contributed by atoms with Gasteiger partial charge in [-0.25, -0.2) is 9.78 Å². The minimum atomic E-state index is -0.958. The SMILES string of the molecule is Cc1cc(N2CC[C@@H](CC(C)(C)NC(=O)O)C2)ncc1Br. The van der Waals surface area contributed by atoms with Crippen LogP contribution in [-0.4, -0.2) is 34.8 Å². The molecule has 1 amide bonds. The number of amides is 1. The van der Waals surface area contributed by atoms with Gasteiger partial charge in [-0.2, -0.15) is 0 Å². The van der Waals surface area contributed by atoms with Crippen LogP contribution in [0.4, 0.5) is 10.6 Å². The largest absolute Gasteiger partial charge is 0.465 e. The van der Waals surface area contributed by atoms with Gasteiger partial charge in [-0.05, 0) is 67.1 Å². The fourth-order valence-electron chi connectivity index (χ4n) is 2.97. The third-order valence-corrected chi connectivity index (χ3v) is 4.72. The van der Waals surface area contributed by atoms with Crippen LogP contribution in [0, 0.1) is 12.8 Å². The molecule has 0 aliphatic carbocycles. The van der Waals surface area contributed by atoms with Gasteiger partial charge in [0.1, 0.15) is 5.82 Å². The van der Waals surface area contributed by atoms with Gasteiger partial charge in [0.15, 0.2) is 0 Å². The lowest BCUT2D eigenvalue weighted by Crippen LogP contribution is -2.44. The molecule has 0 bridgehead atoms. The van der Waals surface area contributed by atoms with E-state index in [2.05, 4.69) is 44.1 Å². The lowest BCUT2D eigenvalue weighted by Gasteiger charge is -2.28. The van der Waals surface area contributed by atoms with E-state index in [1.54, 1.807) is 0 Å². The molecule has 5 nitrogen and oxygen atoms in total. The molecule has 1 atom stereocenters. The van der Waals surface area contributed by atoms with Gasteiger partial charge in [0.2, 0.25) is 0 Å². The summed E-state index contributed by atoms with van der Waals surface area (Å²) in [4.78, 5) is 17.6. The van der Waals surface area contributed by atoms with E-state index >= 15 is 0 Å². The molecule has 0 saturated carbocycles. The number of anilines is 1. The van der Waals surface area contributed by atoms with Crippen LogP contribution in [-0.2, 0) is 0 Å². The molecule has 2 N–H and O–H groups in total. The predicted octanol–water partition coefficient (Wildman–Crippen LogP) is 3.42. The molecule has 21 heavy (non-hydrogen) atoms. The number of aryl methyl sites for hydroxylation is 1. The average molecular weight is 356 g/mol. The van der Waals surface area contributed by atoms with Gasteiger partial charge in [-0.3, -0.25) is 0 Å². The summed E-state index contributed by atoms with van der Waals surface area (Å²) in [6.07, 6.45) is 2.79. The molecule has 1 aromatic heterocycles. The van der Waals surface area contributed by atoms with E-state index < -0.39 is 11.6 Å². The van der Waals surface area contributed by atoms with Crippen LogP contribution in [0.2, 0.25) is 0 Å². The number of nitrogens with zero attached hydrogens (tertiary/aromatic N) is 2. The molecule has 1 aliphatic rings. The zero-order valence-electron chi connectivity index (χ0n) is 12.7. The van der Waals surface area contributed by atoms with Crippen molar-refractivity contribution in [1.82, 2.24) is 10.3 Å². The second kappa shape index (κ2) is 6.22.